The van der Waals surface area contributed by atoms with Crippen LogP contribution in [-0.2, 0) is 14.3 Å². The van der Waals surface area contributed by atoms with Gasteiger partial charge < -0.3 is 4.74 Å². The molecule has 1 saturated carbocycles. The molecule has 0 bridgehead atoms. The van der Waals surface area contributed by atoms with Crippen LogP contribution in [0.5, 0.6) is 0 Å². The van der Waals surface area contributed by atoms with Gasteiger partial charge in [-0.15, -0.1) is 0 Å². The van der Waals surface area contributed by atoms with Gasteiger partial charge in [-0.25, -0.2) is 0 Å². The number of Topliss-reactive ketones (excluding diaryl/α,β-unsaturated/α-hetero) is 2. The van der Waals surface area contributed by atoms with Crippen molar-refractivity contribution in [3.05, 3.63) is 71.3 Å². The van der Waals surface area contributed by atoms with E-state index in [2.05, 4.69) is 0 Å². The van der Waals surface area contributed by atoms with Crippen molar-refractivity contribution in [3.8, 4) is 0 Å². The Morgan fingerprint density at radius 3 is 1.97 bits per heavy atom. The number of hydrogen-bond acceptors (Lipinski definition) is 5. The average Bonchev–Trinajstić information content (AvgIpc) is 3.54. The molecule has 2 aliphatic carbocycles. The second-order valence-corrected chi connectivity index (χ2v) is 8.88. The zero-order valence-corrected chi connectivity index (χ0v) is 16.8. The number of ketones is 2. The number of rotatable bonds is 2. The van der Waals surface area contributed by atoms with Crippen molar-refractivity contribution in [3.63, 3.8) is 0 Å². The van der Waals surface area contributed by atoms with Crippen LogP contribution in [0.3, 0.4) is 0 Å². The van der Waals surface area contributed by atoms with Gasteiger partial charge in [0.05, 0.1) is 17.9 Å². The molecule has 6 nitrogen and oxygen atoms in total. The number of carbonyl (C=O) groups excluding carboxylic acids is 4. The first-order valence-electron chi connectivity index (χ1n) is 10.8. The smallest absolute Gasteiger partial charge is 0.237 e. The van der Waals surface area contributed by atoms with E-state index in [0.29, 0.717) is 5.56 Å². The molecule has 2 saturated heterocycles. The number of amides is 2. The van der Waals surface area contributed by atoms with Crippen LogP contribution in [0.2, 0.25) is 0 Å². The third-order valence-corrected chi connectivity index (χ3v) is 7.37. The zero-order chi connectivity index (χ0) is 21.3. The molecule has 3 atom stereocenters. The molecule has 3 unspecified atom stereocenters. The number of ether oxygens (including phenoxy) is 1. The number of fused-ring (bicyclic) bond motifs is 3. The van der Waals surface area contributed by atoms with Crippen molar-refractivity contribution in [2.24, 2.45) is 11.8 Å². The number of benzene rings is 2. The molecule has 6 rings (SSSR count). The molecule has 2 aliphatic heterocycles. The van der Waals surface area contributed by atoms with Crippen molar-refractivity contribution in [2.45, 2.75) is 43.4 Å². The Kier molecular flexibility index (Phi) is 3.87. The lowest BCUT2D eigenvalue weighted by atomic mass is 9.77. The summed E-state index contributed by atoms with van der Waals surface area (Å²) in [6, 6.07) is 15.5. The summed E-state index contributed by atoms with van der Waals surface area (Å²) in [6.45, 7) is 0. The number of imide groups is 1. The average molecular weight is 415 g/mol. The molecule has 2 heterocycles. The molecule has 1 spiro atoms. The van der Waals surface area contributed by atoms with Gasteiger partial charge in [-0.05, 0) is 18.4 Å². The Morgan fingerprint density at radius 1 is 0.774 bits per heavy atom. The van der Waals surface area contributed by atoms with Crippen LogP contribution >= 0.6 is 0 Å². The summed E-state index contributed by atoms with van der Waals surface area (Å²) in [5.74, 6) is -3.76. The van der Waals surface area contributed by atoms with Crippen LogP contribution in [0, 0.1) is 11.8 Å². The van der Waals surface area contributed by atoms with Crippen molar-refractivity contribution < 1.29 is 23.9 Å². The molecule has 2 aromatic rings. The van der Waals surface area contributed by atoms with Gasteiger partial charge in [-0.1, -0.05) is 67.4 Å². The molecule has 4 aliphatic rings. The second kappa shape index (κ2) is 6.44. The van der Waals surface area contributed by atoms with E-state index in [0.717, 1.165) is 25.7 Å². The van der Waals surface area contributed by atoms with E-state index < -0.39 is 41.0 Å². The fourth-order valence-corrected chi connectivity index (χ4v) is 6.01. The normalized spacial score (nSPS) is 29.3. The lowest BCUT2D eigenvalue weighted by molar-refractivity contribution is -0.147. The van der Waals surface area contributed by atoms with Crippen molar-refractivity contribution in [1.82, 2.24) is 4.90 Å². The molecule has 0 aromatic heterocycles. The summed E-state index contributed by atoms with van der Waals surface area (Å²) in [5.41, 5.74) is -0.742. The van der Waals surface area contributed by atoms with Crippen molar-refractivity contribution >= 4 is 23.4 Å². The highest BCUT2D eigenvalue weighted by Gasteiger charge is 2.75. The van der Waals surface area contributed by atoms with Gasteiger partial charge in [-0.3, -0.25) is 24.1 Å². The van der Waals surface area contributed by atoms with E-state index in [9.17, 15) is 19.2 Å². The van der Waals surface area contributed by atoms with Gasteiger partial charge in [-0.2, -0.15) is 0 Å². The maximum Gasteiger partial charge on any atom is 0.237 e. The zero-order valence-electron chi connectivity index (χ0n) is 16.8. The summed E-state index contributed by atoms with van der Waals surface area (Å²) in [7, 11) is 0. The van der Waals surface area contributed by atoms with Crippen LogP contribution in [0.4, 0.5) is 0 Å². The Balaban J connectivity index is 1.53. The highest BCUT2D eigenvalue weighted by Crippen LogP contribution is 2.57. The van der Waals surface area contributed by atoms with Crippen molar-refractivity contribution in [2.75, 3.05) is 0 Å². The molecule has 6 heteroatoms. The molecule has 0 N–H and O–H groups in total. The lowest BCUT2D eigenvalue weighted by Gasteiger charge is -2.29. The lowest BCUT2D eigenvalue weighted by Crippen LogP contribution is -2.51. The van der Waals surface area contributed by atoms with Gasteiger partial charge in [0, 0.05) is 17.2 Å². The van der Waals surface area contributed by atoms with Gasteiger partial charge in [0.25, 0.3) is 0 Å². The topological polar surface area (TPSA) is 80.8 Å². The first kappa shape index (κ1) is 18.6. The largest absolute Gasteiger partial charge is 0.349 e. The van der Waals surface area contributed by atoms with Crippen LogP contribution in [-0.4, -0.2) is 39.9 Å². The first-order chi connectivity index (χ1) is 15.1. The quantitative estimate of drug-likeness (QED) is 0.556. The van der Waals surface area contributed by atoms with Crippen LogP contribution in [0.25, 0.3) is 0 Å². The number of likely N-dealkylation sites (tertiary alicyclic amines) is 1. The minimum atomic E-state index is -1.96. The van der Waals surface area contributed by atoms with E-state index in [1.165, 1.54) is 4.90 Å². The highest BCUT2D eigenvalue weighted by molar-refractivity contribution is 6.35. The van der Waals surface area contributed by atoms with E-state index in [1.807, 2.05) is 30.3 Å². The van der Waals surface area contributed by atoms with Gasteiger partial charge >= 0.3 is 0 Å². The first-order valence-corrected chi connectivity index (χ1v) is 10.8. The highest BCUT2D eigenvalue weighted by atomic mass is 16.5. The molecular weight excluding hydrogens is 394 g/mol. The molecule has 3 fully saturated rings. The maximum absolute atomic E-state index is 13.7. The predicted molar refractivity (Wildman–Crippen MR) is 109 cm³/mol. The summed E-state index contributed by atoms with van der Waals surface area (Å²) < 4.78 is 6.25. The fourth-order valence-electron chi connectivity index (χ4n) is 6.01. The maximum atomic E-state index is 13.7. The molecular formula is C25H21NO5. The Labute approximate surface area is 179 Å². The van der Waals surface area contributed by atoms with E-state index in [-0.39, 0.29) is 23.1 Å². The Bertz CT molecular complexity index is 1100. The standard InChI is InChI=1S/C25H21NO5/c27-21-16-12-6-7-13-17(16)22(28)25(21)19-18(20(31-25)14-8-2-1-3-9-14)23(29)26(24(19)30)15-10-4-5-11-15/h1-3,6-9,12-13,15,18-20H,4-5,10-11H2. The van der Waals surface area contributed by atoms with Crippen LogP contribution < -0.4 is 0 Å². The van der Waals surface area contributed by atoms with Gasteiger partial charge in [0.15, 0.2) is 0 Å². The number of nitrogens with zero attached hydrogens (tertiary/aromatic N) is 1. The molecule has 2 aromatic carbocycles. The predicted octanol–water partition coefficient (Wildman–Crippen LogP) is 3.12. The molecule has 0 radical (unpaired) electrons. The number of carbonyl (C=O) groups is 4. The molecule has 2 amide bonds. The summed E-state index contributed by atoms with van der Waals surface area (Å²) in [6.07, 6.45) is 2.64. The van der Waals surface area contributed by atoms with Crippen molar-refractivity contribution in [1.29, 1.82) is 0 Å². The minimum absolute atomic E-state index is 0.159. The summed E-state index contributed by atoms with van der Waals surface area (Å²) in [4.78, 5) is 55.8. The molecule has 31 heavy (non-hydrogen) atoms. The van der Waals surface area contributed by atoms with E-state index in [4.69, 9.17) is 4.74 Å². The SMILES string of the molecule is O=C1C2C(c3ccccc3)OC3(C(=O)c4ccccc4C3=O)C2C(=O)N1C1CCCC1. The third kappa shape index (κ3) is 2.26. The fraction of sp³-hybridized carbons (Fsp3) is 0.360. The van der Waals surface area contributed by atoms with Crippen LogP contribution in [0.1, 0.15) is 58.1 Å². The second-order valence-electron chi connectivity index (χ2n) is 8.88. The molecule has 156 valence electrons. The monoisotopic (exact) mass is 415 g/mol. The Morgan fingerprint density at radius 2 is 1.35 bits per heavy atom. The minimum Gasteiger partial charge on any atom is -0.349 e. The third-order valence-electron chi connectivity index (χ3n) is 7.37. The van der Waals surface area contributed by atoms with Crippen LogP contribution in [0.15, 0.2) is 54.6 Å². The van der Waals surface area contributed by atoms with E-state index in [1.54, 1.807) is 24.3 Å². The Hall–Kier alpha value is -3.12. The van der Waals surface area contributed by atoms with Gasteiger partial charge in [0.1, 0.15) is 0 Å². The number of hydrogen-bond donors (Lipinski definition) is 0. The summed E-state index contributed by atoms with van der Waals surface area (Å²) in [5, 5.41) is 0. The van der Waals surface area contributed by atoms with E-state index >= 15 is 0 Å². The van der Waals surface area contributed by atoms with Gasteiger partial charge in [0.2, 0.25) is 29.0 Å². The summed E-state index contributed by atoms with van der Waals surface area (Å²) >= 11 is 0.